The van der Waals surface area contributed by atoms with Gasteiger partial charge in [-0.05, 0) is 48.4 Å². The van der Waals surface area contributed by atoms with Crippen LogP contribution < -0.4 is 0 Å². The van der Waals surface area contributed by atoms with Gasteiger partial charge in [0.15, 0.2) is 5.78 Å². The van der Waals surface area contributed by atoms with Gasteiger partial charge in [-0.3, -0.25) is 4.79 Å². The Morgan fingerprint density at radius 2 is 1.59 bits per heavy atom. The van der Waals surface area contributed by atoms with Crippen LogP contribution in [0.15, 0.2) is 53.5 Å². The Labute approximate surface area is 143 Å². The topological polar surface area (TPSA) is 29.4 Å². The first-order valence-electron chi connectivity index (χ1n) is 6.87. The maximum absolute atomic E-state index is 12.2. The zero-order valence-corrected chi connectivity index (χ0v) is 14.0. The number of ketones is 1. The summed E-state index contributed by atoms with van der Waals surface area (Å²) in [6.45, 7) is 0. The molecule has 1 saturated heterocycles. The first kappa shape index (κ1) is 15.6. The van der Waals surface area contributed by atoms with Crippen molar-refractivity contribution in [3.8, 4) is 0 Å². The molecule has 0 spiro atoms. The average molecular weight is 350 g/mol. The van der Waals surface area contributed by atoms with E-state index in [9.17, 15) is 4.79 Å². The van der Waals surface area contributed by atoms with Gasteiger partial charge in [-0.15, -0.1) is 0 Å². The van der Waals surface area contributed by atoms with Crippen LogP contribution in [0.25, 0.3) is 0 Å². The molecule has 1 atom stereocenters. The molecule has 1 unspecified atom stereocenters. The summed E-state index contributed by atoms with van der Waals surface area (Å²) >= 11 is 13.3. The molecule has 0 N–H and O–H groups in total. The van der Waals surface area contributed by atoms with Crippen LogP contribution in [0.1, 0.15) is 12.0 Å². The van der Waals surface area contributed by atoms with Gasteiger partial charge in [0.25, 0.3) is 0 Å². The summed E-state index contributed by atoms with van der Waals surface area (Å²) in [6.07, 6.45) is 1.12. The summed E-state index contributed by atoms with van der Waals surface area (Å²) in [5.74, 6) is 0.229. The minimum atomic E-state index is -0.0628. The van der Waals surface area contributed by atoms with Crippen molar-refractivity contribution in [3.05, 3.63) is 64.1 Å². The third-order valence-electron chi connectivity index (χ3n) is 3.38. The quantitative estimate of drug-likeness (QED) is 0.748. The number of nitrogens with zero attached hydrogens (tertiary/aromatic N) is 1. The molecule has 1 aliphatic heterocycles. The largest absolute Gasteiger partial charge is 0.298 e. The van der Waals surface area contributed by atoms with Crippen LogP contribution in [0.2, 0.25) is 10.0 Å². The van der Waals surface area contributed by atoms with Crippen molar-refractivity contribution in [2.45, 2.75) is 18.1 Å². The van der Waals surface area contributed by atoms with E-state index in [0.29, 0.717) is 22.9 Å². The zero-order valence-electron chi connectivity index (χ0n) is 11.6. The molecule has 0 saturated carbocycles. The van der Waals surface area contributed by atoms with Gasteiger partial charge in [0, 0.05) is 10.0 Å². The van der Waals surface area contributed by atoms with E-state index in [0.717, 1.165) is 16.3 Å². The molecular formula is C17H13Cl2NOS. The number of Topliss-reactive ketones (excluding diaryl/α,β-unsaturated/α-hetero) is 1. The SMILES string of the molecule is O=C1CC(=Nc2ccc(Cl)cc2)SC1Cc1ccc(Cl)cc1. The third-order valence-corrected chi connectivity index (χ3v) is 5.10. The molecule has 2 aromatic rings. The van der Waals surface area contributed by atoms with Crippen molar-refractivity contribution < 1.29 is 4.79 Å². The van der Waals surface area contributed by atoms with Gasteiger partial charge in [0.2, 0.25) is 0 Å². The number of thioether (sulfide) groups is 1. The van der Waals surface area contributed by atoms with Crippen molar-refractivity contribution >= 4 is 51.5 Å². The first-order valence-corrected chi connectivity index (χ1v) is 8.51. The predicted octanol–water partition coefficient (Wildman–Crippen LogP) is 5.34. The van der Waals surface area contributed by atoms with Crippen molar-refractivity contribution in [3.63, 3.8) is 0 Å². The van der Waals surface area contributed by atoms with E-state index in [-0.39, 0.29) is 11.0 Å². The fourth-order valence-corrected chi connectivity index (χ4v) is 3.70. The van der Waals surface area contributed by atoms with E-state index < -0.39 is 0 Å². The van der Waals surface area contributed by atoms with Gasteiger partial charge in [-0.25, -0.2) is 4.99 Å². The molecule has 0 aromatic heterocycles. The van der Waals surface area contributed by atoms with Gasteiger partial charge in [-0.2, -0.15) is 0 Å². The maximum atomic E-state index is 12.2. The Morgan fingerprint density at radius 3 is 2.23 bits per heavy atom. The summed E-state index contributed by atoms with van der Waals surface area (Å²) in [4.78, 5) is 16.7. The molecule has 3 rings (SSSR count). The van der Waals surface area contributed by atoms with Gasteiger partial charge in [-0.1, -0.05) is 47.1 Å². The van der Waals surface area contributed by atoms with E-state index >= 15 is 0 Å². The van der Waals surface area contributed by atoms with Crippen LogP contribution in [-0.4, -0.2) is 16.1 Å². The second kappa shape index (κ2) is 6.86. The Hall–Kier alpha value is -1.29. The molecule has 112 valence electrons. The fourth-order valence-electron chi connectivity index (χ4n) is 2.25. The lowest BCUT2D eigenvalue weighted by atomic mass is 10.1. The van der Waals surface area contributed by atoms with Gasteiger partial charge >= 0.3 is 0 Å². The molecule has 1 heterocycles. The normalized spacial score (nSPS) is 19.8. The second-order valence-electron chi connectivity index (χ2n) is 5.06. The Kier molecular flexibility index (Phi) is 4.87. The molecule has 1 aliphatic rings. The number of carbonyl (C=O) groups excluding carboxylic acids is 1. The van der Waals surface area contributed by atoms with E-state index in [1.165, 1.54) is 0 Å². The zero-order chi connectivity index (χ0) is 15.5. The number of carbonyl (C=O) groups is 1. The number of rotatable bonds is 3. The van der Waals surface area contributed by atoms with Crippen LogP contribution in [0, 0.1) is 0 Å². The Bertz CT molecular complexity index is 710. The number of hydrogen-bond acceptors (Lipinski definition) is 3. The molecule has 0 amide bonds. The van der Waals surface area contributed by atoms with Crippen LogP contribution >= 0.6 is 35.0 Å². The van der Waals surface area contributed by atoms with Crippen LogP contribution in [0.5, 0.6) is 0 Å². The standard InChI is InChI=1S/C17H13Cl2NOS/c18-12-3-1-11(2-4-12)9-16-15(21)10-17(22-16)20-14-7-5-13(19)6-8-14/h1-8,16H,9-10H2. The van der Waals surface area contributed by atoms with Crippen molar-refractivity contribution in [1.29, 1.82) is 0 Å². The van der Waals surface area contributed by atoms with Crippen LogP contribution in [0.3, 0.4) is 0 Å². The molecule has 0 bridgehead atoms. The van der Waals surface area contributed by atoms with Crippen molar-refractivity contribution in [2.75, 3.05) is 0 Å². The highest BCUT2D eigenvalue weighted by Crippen LogP contribution is 2.31. The van der Waals surface area contributed by atoms with Gasteiger partial charge in [0.1, 0.15) is 0 Å². The second-order valence-corrected chi connectivity index (χ2v) is 7.21. The lowest BCUT2D eigenvalue weighted by Gasteiger charge is -2.06. The fraction of sp³-hybridized carbons (Fsp3) is 0.176. The summed E-state index contributed by atoms with van der Waals surface area (Å²) in [5, 5.41) is 2.19. The number of hydrogen-bond donors (Lipinski definition) is 0. The molecule has 1 fully saturated rings. The lowest BCUT2D eigenvalue weighted by molar-refractivity contribution is -0.117. The maximum Gasteiger partial charge on any atom is 0.153 e. The third kappa shape index (κ3) is 3.92. The Morgan fingerprint density at radius 1 is 1.00 bits per heavy atom. The number of benzene rings is 2. The average Bonchev–Trinajstić information content (AvgIpc) is 2.84. The minimum absolute atomic E-state index is 0.0628. The molecule has 2 aromatic carbocycles. The molecule has 0 radical (unpaired) electrons. The highest BCUT2D eigenvalue weighted by molar-refractivity contribution is 8.15. The summed E-state index contributed by atoms with van der Waals surface area (Å²) in [5.41, 5.74) is 1.94. The summed E-state index contributed by atoms with van der Waals surface area (Å²) < 4.78 is 0. The van der Waals surface area contributed by atoms with Gasteiger partial charge in [0.05, 0.1) is 22.4 Å². The summed E-state index contributed by atoms with van der Waals surface area (Å²) in [6, 6.07) is 14.9. The van der Waals surface area contributed by atoms with Gasteiger partial charge < -0.3 is 0 Å². The van der Waals surface area contributed by atoms with Crippen molar-refractivity contribution in [2.24, 2.45) is 4.99 Å². The molecule has 2 nitrogen and oxygen atoms in total. The highest BCUT2D eigenvalue weighted by Gasteiger charge is 2.30. The smallest absolute Gasteiger partial charge is 0.153 e. The molecule has 5 heteroatoms. The van der Waals surface area contributed by atoms with E-state index in [1.54, 1.807) is 23.9 Å². The number of halogens is 2. The van der Waals surface area contributed by atoms with Crippen LogP contribution in [0.4, 0.5) is 5.69 Å². The summed E-state index contributed by atoms with van der Waals surface area (Å²) in [7, 11) is 0. The van der Waals surface area contributed by atoms with E-state index in [4.69, 9.17) is 23.2 Å². The highest BCUT2D eigenvalue weighted by atomic mass is 35.5. The lowest BCUT2D eigenvalue weighted by Crippen LogP contribution is -2.13. The monoisotopic (exact) mass is 349 g/mol. The van der Waals surface area contributed by atoms with E-state index in [1.807, 2.05) is 36.4 Å². The molecular weight excluding hydrogens is 337 g/mol. The van der Waals surface area contributed by atoms with Crippen molar-refractivity contribution in [1.82, 2.24) is 0 Å². The predicted molar refractivity (Wildman–Crippen MR) is 94.7 cm³/mol. The Balaban J connectivity index is 1.70. The number of aliphatic imine (C=N–C) groups is 1. The minimum Gasteiger partial charge on any atom is -0.298 e. The van der Waals surface area contributed by atoms with E-state index in [2.05, 4.69) is 4.99 Å². The first-order chi connectivity index (χ1) is 10.6. The molecule has 0 aliphatic carbocycles. The van der Waals surface area contributed by atoms with Crippen LogP contribution in [-0.2, 0) is 11.2 Å². The molecule has 22 heavy (non-hydrogen) atoms.